The number of pyridine rings is 1. The molecule has 0 saturated carbocycles. The minimum Gasteiger partial charge on any atom is -0.485 e. The highest BCUT2D eigenvalue weighted by molar-refractivity contribution is 5.88. The highest BCUT2D eigenvalue weighted by Crippen LogP contribution is 2.26. The molecule has 2 fully saturated rings. The third-order valence-corrected chi connectivity index (χ3v) is 4.63. The van der Waals surface area contributed by atoms with E-state index in [1.165, 1.54) is 0 Å². The molecule has 0 bridgehead atoms. The Balaban J connectivity index is 1.55. The van der Waals surface area contributed by atoms with Gasteiger partial charge in [0, 0.05) is 46.9 Å². The number of rotatable bonds is 4. The van der Waals surface area contributed by atoms with Crippen LogP contribution >= 0.6 is 0 Å². The highest BCUT2D eigenvalue weighted by atomic mass is 16.5. The highest BCUT2D eigenvalue weighted by Gasteiger charge is 2.34. The van der Waals surface area contributed by atoms with Gasteiger partial charge in [0.15, 0.2) is 11.6 Å². The first-order valence-electron chi connectivity index (χ1n) is 8.55. The van der Waals surface area contributed by atoms with Crippen molar-refractivity contribution in [3.8, 4) is 5.75 Å². The summed E-state index contributed by atoms with van der Waals surface area (Å²) in [6, 6.07) is 3.12. The zero-order valence-corrected chi connectivity index (χ0v) is 14.9. The van der Waals surface area contributed by atoms with Crippen molar-refractivity contribution in [1.82, 2.24) is 20.1 Å². The maximum absolute atomic E-state index is 12.4. The van der Waals surface area contributed by atoms with Gasteiger partial charge >= 0.3 is 6.03 Å². The molecule has 0 radical (unpaired) electrons. The second kappa shape index (κ2) is 7.16. The molecular weight excluding hydrogens is 322 g/mol. The first kappa shape index (κ1) is 17.3. The average Bonchev–Trinajstić information content (AvgIpc) is 3.17. The zero-order chi connectivity index (χ0) is 18.0. The molecule has 2 aliphatic rings. The van der Waals surface area contributed by atoms with Crippen LogP contribution in [0, 0.1) is 0 Å². The smallest absolute Gasteiger partial charge is 0.318 e. The van der Waals surface area contributed by atoms with Crippen molar-refractivity contribution in [2.45, 2.75) is 25.0 Å². The molecule has 2 saturated heterocycles. The quantitative estimate of drug-likeness (QED) is 0.860. The van der Waals surface area contributed by atoms with Crippen LogP contribution in [-0.4, -0.2) is 79.6 Å². The number of carbonyl (C=O) groups is 2. The SMILES string of the molecule is CN1CC[C@@H](NC(=O)N2CC[C@H](Oc3cccnc3N(C)C)C2)C1=O. The molecular formula is C17H25N5O3. The molecule has 25 heavy (non-hydrogen) atoms. The normalized spacial score (nSPS) is 23.1. The lowest BCUT2D eigenvalue weighted by Crippen LogP contribution is -2.47. The number of anilines is 1. The molecule has 8 heteroatoms. The Hall–Kier alpha value is -2.51. The van der Waals surface area contributed by atoms with Gasteiger partial charge in [-0.25, -0.2) is 9.78 Å². The van der Waals surface area contributed by atoms with E-state index in [1.807, 2.05) is 31.1 Å². The van der Waals surface area contributed by atoms with Gasteiger partial charge in [-0.2, -0.15) is 0 Å². The monoisotopic (exact) mass is 347 g/mol. The molecule has 0 unspecified atom stereocenters. The van der Waals surface area contributed by atoms with Gasteiger partial charge in [-0.05, 0) is 18.6 Å². The Morgan fingerprint density at radius 3 is 2.84 bits per heavy atom. The van der Waals surface area contributed by atoms with Crippen LogP contribution < -0.4 is 15.0 Å². The van der Waals surface area contributed by atoms with E-state index < -0.39 is 6.04 Å². The molecule has 3 amide bonds. The third kappa shape index (κ3) is 3.78. The predicted molar refractivity (Wildman–Crippen MR) is 93.7 cm³/mol. The molecule has 3 heterocycles. The Bertz CT molecular complexity index is 651. The van der Waals surface area contributed by atoms with Gasteiger partial charge < -0.3 is 24.8 Å². The summed E-state index contributed by atoms with van der Waals surface area (Å²) < 4.78 is 6.06. The second-order valence-corrected chi connectivity index (χ2v) is 6.74. The maximum atomic E-state index is 12.4. The van der Waals surface area contributed by atoms with Crippen molar-refractivity contribution in [2.75, 3.05) is 45.7 Å². The van der Waals surface area contributed by atoms with E-state index in [2.05, 4.69) is 10.3 Å². The molecule has 2 atom stereocenters. The summed E-state index contributed by atoms with van der Waals surface area (Å²) in [7, 11) is 5.59. The topological polar surface area (TPSA) is 78.0 Å². The van der Waals surface area contributed by atoms with Crippen molar-refractivity contribution < 1.29 is 14.3 Å². The van der Waals surface area contributed by atoms with Crippen LogP contribution in [0.2, 0.25) is 0 Å². The van der Waals surface area contributed by atoms with Crippen molar-refractivity contribution in [3.05, 3.63) is 18.3 Å². The first-order chi connectivity index (χ1) is 12.0. The van der Waals surface area contributed by atoms with Crippen molar-refractivity contribution in [2.24, 2.45) is 0 Å². The van der Waals surface area contributed by atoms with Crippen LogP contribution in [-0.2, 0) is 4.79 Å². The van der Waals surface area contributed by atoms with E-state index >= 15 is 0 Å². The van der Waals surface area contributed by atoms with E-state index in [4.69, 9.17) is 4.74 Å². The fourth-order valence-electron chi connectivity index (χ4n) is 3.20. The van der Waals surface area contributed by atoms with Crippen molar-refractivity contribution >= 4 is 17.8 Å². The molecule has 136 valence electrons. The first-order valence-corrected chi connectivity index (χ1v) is 8.55. The second-order valence-electron chi connectivity index (χ2n) is 6.74. The lowest BCUT2D eigenvalue weighted by atomic mass is 10.2. The summed E-state index contributed by atoms with van der Waals surface area (Å²) in [4.78, 5) is 33.9. The van der Waals surface area contributed by atoms with Crippen molar-refractivity contribution in [3.63, 3.8) is 0 Å². The lowest BCUT2D eigenvalue weighted by molar-refractivity contribution is -0.128. The van der Waals surface area contributed by atoms with Gasteiger partial charge in [-0.3, -0.25) is 4.79 Å². The molecule has 0 spiro atoms. The summed E-state index contributed by atoms with van der Waals surface area (Å²) in [6.45, 7) is 1.80. The number of nitrogens with one attached hydrogen (secondary N) is 1. The van der Waals surface area contributed by atoms with Gasteiger partial charge in [-0.1, -0.05) is 0 Å². The van der Waals surface area contributed by atoms with Gasteiger partial charge in [-0.15, -0.1) is 0 Å². The number of likely N-dealkylation sites (tertiary alicyclic amines) is 2. The molecule has 3 rings (SSSR count). The number of amides is 3. The summed E-state index contributed by atoms with van der Waals surface area (Å²) in [6.07, 6.45) is 3.08. The van der Waals surface area contributed by atoms with Crippen LogP contribution in [0.3, 0.4) is 0 Å². The van der Waals surface area contributed by atoms with E-state index in [0.717, 1.165) is 12.2 Å². The van der Waals surface area contributed by atoms with Crippen molar-refractivity contribution in [1.29, 1.82) is 0 Å². The number of hydrogen-bond acceptors (Lipinski definition) is 5. The summed E-state index contributed by atoms with van der Waals surface area (Å²) in [5.74, 6) is 1.46. The zero-order valence-electron chi connectivity index (χ0n) is 14.9. The Labute approximate surface area is 147 Å². The van der Waals surface area contributed by atoms with Gasteiger partial charge in [0.05, 0.1) is 6.54 Å². The van der Waals surface area contributed by atoms with Crippen LogP contribution in [0.4, 0.5) is 10.6 Å². The molecule has 0 aromatic carbocycles. The summed E-state index contributed by atoms with van der Waals surface area (Å²) >= 11 is 0. The Morgan fingerprint density at radius 2 is 2.16 bits per heavy atom. The number of likely N-dealkylation sites (N-methyl/N-ethyl adjacent to an activating group) is 1. The van der Waals surface area contributed by atoms with Crippen LogP contribution in [0.5, 0.6) is 5.75 Å². The Kier molecular flexibility index (Phi) is 4.96. The molecule has 1 aromatic heterocycles. The molecule has 1 aromatic rings. The molecule has 2 aliphatic heterocycles. The fourth-order valence-corrected chi connectivity index (χ4v) is 3.20. The summed E-state index contributed by atoms with van der Waals surface area (Å²) in [5, 5.41) is 2.83. The van der Waals surface area contributed by atoms with E-state index in [0.29, 0.717) is 31.8 Å². The lowest BCUT2D eigenvalue weighted by Gasteiger charge is -2.21. The molecule has 8 nitrogen and oxygen atoms in total. The number of nitrogens with zero attached hydrogens (tertiary/aromatic N) is 4. The van der Waals surface area contributed by atoms with Crippen LogP contribution in [0.1, 0.15) is 12.8 Å². The van der Waals surface area contributed by atoms with Crippen LogP contribution in [0.15, 0.2) is 18.3 Å². The largest absolute Gasteiger partial charge is 0.485 e. The maximum Gasteiger partial charge on any atom is 0.318 e. The number of hydrogen-bond donors (Lipinski definition) is 1. The third-order valence-electron chi connectivity index (χ3n) is 4.63. The predicted octanol–water partition coefficient (Wildman–Crippen LogP) is 0.541. The van der Waals surface area contributed by atoms with E-state index in [9.17, 15) is 9.59 Å². The minimum absolute atomic E-state index is 0.0219. The standard InChI is InChI=1S/C17H25N5O3/c1-20(2)15-14(5-4-8-18-15)25-12-6-10-22(11-12)17(24)19-13-7-9-21(3)16(13)23/h4-5,8,12-13H,6-7,9-11H2,1-3H3,(H,19,24)/t12-,13+/m0/s1. The minimum atomic E-state index is -0.406. The Morgan fingerprint density at radius 1 is 1.36 bits per heavy atom. The van der Waals surface area contributed by atoms with Gasteiger partial charge in [0.1, 0.15) is 12.1 Å². The molecule has 0 aliphatic carbocycles. The van der Waals surface area contributed by atoms with E-state index in [-0.39, 0.29) is 18.0 Å². The van der Waals surface area contributed by atoms with Crippen LogP contribution in [0.25, 0.3) is 0 Å². The fraction of sp³-hybridized carbons (Fsp3) is 0.588. The number of carbonyl (C=O) groups excluding carboxylic acids is 2. The van der Waals surface area contributed by atoms with E-state index in [1.54, 1.807) is 23.0 Å². The average molecular weight is 347 g/mol. The summed E-state index contributed by atoms with van der Waals surface area (Å²) in [5.41, 5.74) is 0. The molecule has 1 N–H and O–H groups in total. The number of urea groups is 1. The number of aromatic nitrogens is 1. The number of ether oxygens (including phenoxy) is 1. The van der Waals surface area contributed by atoms with Gasteiger partial charge in [0.25, 0.3) is 0 Å². The van der Waals surface area contributed by atoms with Gasteiger partial charge in [0.2, 0.25) is 5.91 Å².